The number of carbonyl (C=O) groups is 1. The van der Waals surface area contributed by atoms with Crippen LogP contribution in [0.3, 0.4) is 0 Å². The Hall–Kier alpha value is -1.73. The number of methoxy groups -OCH3 is 1. The van der Waals surface area contributed by atoms with Gasteiger partial charge in [-0.05, 0) is 45.6 Å². The van der Waals surface area contributed by atoms with Crippen LogP contribution < -0.4 is 15.5 Å². The van der Waals surface area contributed by atoms with E-state index >= 15 is 0 Å². The van der Waals surface area contributed by atoms with Gasteiger partial charge in [-0.1, -0.05) is 0 Å². The second-order valence-corrected chi connectivity index (χ2v) is 7.20. The third-order valence-electron chi connectivity index (χ3n) is 5.50. The largest absolute Gasteiger partial charge is 0.381 e. The Kier molecular flexibility index (Phi) is 5.54. The summed E-state index contributed by atoms with van der Waals surface area (Å²) in [6.45, 7) is 6.89. The lowest BCUT2D eigenvalue weighted by Crippen LogP contribution is -2.42. The van der Waals surface area contributed by atoms with Gasteiger partial charge in [-0.15, -0.1) is 0 Å². The summed E-state index contributed by atoms with van der Waals surface area (Å²) in [6, 6.07) is 0.472. The van der Waals surface area contributed by atoms with E-state index < -0.39 is 0 Å². The lowest BCUT2D eigenvalue weighted by Gasteiger charge is -2.35. The first-order valence-corrected chi connectivity index (χ1v) is 9.10. The van der Waals surface area contributed by atoms with E-state index in [9.17, 15) is 4.79 Å². The van der Waals surface area contributed by atoms with Gasteiger partial charge >= 0.3 is 0 Å². The summed E-state index contributed by atoms with van der Waals surface area (Å²) >= 11 is 0. The molecule has 1 aliphatic heterocycles. The molecule has 1 aromatic heterocycles. The van der Waals surface area contributed by atoms with E-state index in [0.29, 0.717) is 12.1 Å². The molecule has 138 valence electrons. The number of anilines is 1. The average molecular weight is 347 g/mol. The minimum absolute atomic E-state index is 0.240. The van der Waals surface area contributed by atoms with Gasteiger partial charge in [0.15, 0.2) is 0 Å². The third kappa shape index (κ3) is 3.93. The van der Waals surface area contributed by atoms with Gasteiger partial charge in [-0.25, -0.2) is 9.97 Å². The van der Waals surface area contributed by atoms with Crippen LogP contribution in [0.15, 0.2) is 0 Å². The number of aromatic nitrogens is 2. The molecule has 1 aromatic rings. The van der Waals surface area contributed by atoms with Gasteiger partial charge in [-0.3, -0.25) is 4.79 Å². The van der Waals surface area contributed by atoms with Gasteiger partial charge in [0, 0.05) is 44.5 Å². The Morgan fingerprint density at radius 1 is 1.32 bits per heavy atom. The molecule has 2 N–H and O–H groups in total. The standard InChI is InChI=1S/C18H29N5O2/c1-11-12(2)21-16(18(24)19-3)22-17(11)23-6-5-14(10-23)20-9-13-7-15(8-13)25-4/h13-15,20H,5-10H2,1-4H3,(H,19,24)/t13?,14-,15?/m1/s1. The molecule has 0 aromatic carbocycles. The first kappa shape index (κ1) is 18.1. The van der Waals surface area contributed by atoms with Crippen molar-refractivity contribution in [2.24, 2.45) is 5.92 Å². The molecule has 2 aliphatic rings. The van der Waals surface area contributed by atoms with Crippen molar-refractivity contribution in [3.63, 3.8) is 0 Å². The molecule has 0 bridgehead atoms. The number of hydrogen-bond donors (Lipinski definition) is 2. The van der Waals surface area contributed by atoms with Gasteiger partial charge in [0.05, 0.1) is 6.10 Å². The van der Waals surface area contributed by atoms with Crippen LogP contribution in [0.25, 0.3) is 0 Å². The molecular weight excluding hydrogens is 318 g/mol. The molecule has 2 fully saturated rings. The van der Waals surface area contributed by atoms with Crippen molar-refractivity contribution in [3.8, 4) is 0 Å². The molecule has 1 amide bonds. The number of hydrogen-bond acceptors (Lipinski definition) is 6. The highest BCUT2D eigenvalue weighted by molar-refractivity contribution is 5.90. The maximum absolute atomic E-state index is 11.9. The predicted octanol–water partition coefficient (Wildman–Crippen LogP) is 1.05. The van der Waals surface area contributed by atoms with Crippen molar-refractivity contribution in [2.75, 3.05) is 38.7 Å². The molecular formula is C18H29N5O2. The van der Waals surface area contributed by atoms with Crippen molar-refractivity contribution < 1.29 is 9.53 Å². The quantitative estimate of drug-likeness (QED) is 0.801. The fraction of sp³-hybridized carbons (Fsp3) is 0.722. The normalized spacial score (nSPS) is 25.8. The summed E-state index contributed by atoms with van der Waals surface area (Å²) < 4.78 is 5.34. The maximum atomic E-state index is 11.9. The van der Waals surface area contributed by atoms with Crippen molar-refractivity contribution in [2.45, 2.75) is 45.3 Å². The first-order valence-electron chi connectivity index (χ1n) is 9.10. The number of rotatable bonds is 6. The van der Waals surface area contributed by atoms with Crippen LogP contribution in [0, 0.1) is 19.8 Å². The number of nitrogens with zero attached hydrogens (tertiary/aromatic N) is 3. The third-order valence-corrected chi connectivity index (χ3v) is 5.50. The average Bonchev–Trinajstić information content (AvgIpc) is 3.04. The Bertz CT molecular complexity index is 630. The number of ether oxygens (including phenoxy) is 1. The molecule has 0 radical (unpaired) electrons. The summed E-state index contributed by atoms with van der Waals surface area (Å²) in [7, 11) is 3.40. The summed E-state index contributed by atoms with van der Waals surface area (Å²) in [4.78, 5) is 23.0. The van der Waals surface area contributed by atoms with Gasteiger partial charge in [0.1, 0.15) is 5.82 Å². The van der Waals surface area contributed by atoms with Crippen LogP contribution in [0.1, 0.15) is 41.1 Å². The fourth-order valence-electron chi connectivity index (χ4n) is 3.62. The van der Waals surface area contributed by atoms with Gasteiger partial charge < -0.3 is 20.3 Å². The second kappa shape index (κ2) is 7.66. The second-order valence-electron chi connectivity index (χ2n) is 7.20. The van der Waals surface area contributed by atoms with Gasteiger partial charge in [0.25, 0.3) is 5.91 Å². The summed E-state index contributed by atoms with van der Waals surface area (Å²) in [5.41, 5.74) is 1.91. The van der Waals surface area contributed by atoms with Crippen LogP contribution in [0.4, 0.5) is 5.82 Å². The summed E-state index contributed by atoms with van der Waals surface area (Å²) in [6.07, 6.45) is 3.89. The number of carbonyl (C=O) groups excluding carboxylic acids is 1. The SMILES string of the molecule is CNC(=O)c1nc(C)c(C)c(N2CC[C@@H](NCC3CC(OC)C3)C2)n1. The van der Waals surface area contributed by atoms with Crippen LogP contribution in [-0.2, 0) is 4.74 Å². The van der Waals surface area contributed by atoms with E-state index in [-0.39, 0.29) is 11.7 Å². The van der Waals surface area contributed by atoms with Crippen LogP contribution in [-0.4, -0.2) is 61.8 Å². The smallest absolute Gasteiger partial charge is 0.288 e. The van der Waals surface area contributed by atoms with Crippen LogP contribution >= 0.6 is 0 Å². The lowest BCUT2D eigenvalue weighted by molar-refractivity contribution is 0.000994. The van der Waals surface area contributed by atoms with Crippen molar-refractivity contribution in [1.29, 1.82) is 0 Å². The van der Waals surface area contributed by atoms with E-state index in [4.69, 9.17) is 4.74 Å². The monoisotopic (exact) mass is 347 g/mol. The van der Waals surface area contributed by atoms with E-state index in [0.717, 1.165) is 49.0 Å². The number of nitrogens with one attached hydrogen (secondary N) is 2. The molecule has 1 saturated heterocycles. The zero-order valence-electron chi connectivity index (χ0n) is 15.6. The van der Waals surface area contributed by atoms with Gasteiger partial charge in [0.2, 0.25) is 5.82 Å². The summed E-state index contributed by atoms with van der Waals surface area (Å²) in [5, 5.41) is 6.29. The first-order chi connectivity index (χ1) is 12.0. The number of amides is 1. The van der Waals surface area contributed by atoms with E-state index in [2.05, 4.69) is 25.5 Å². The zero-order chi connectivity index (χ0) is 18.0. The zero-order valence-corrected chi connectivity index (χ0v) is 15.6. The van der Waals surface area contributed by atoms with E-state index in [1.54, 1.807) is 14.2 Å². The topological polar surface area (TPSA) is 79.4 Å². The molecule has 3 rings (SSSR count). The van der Waals surface area contributed by atoms with Crippen LogP contribution in [0.2, 0.25) is 0 Å². The Balaban J connectivity index is 1.60. The van der Waals surface area contributed by atoms with Crippen LogP contribution in [0.5, 0.6) is 0 Å². The number of aryl methyl sites for hydroxylation is 1. The molecule has 7 nitrogen and oxygen atoms in total. The lowest BCUT2D eigenvalue weighted by atomic mass is 9.82. The minimum atomic E-state index is -0.240. The van der Waals surface area contributed by atoms with Crippen molar-refractivity contribution >= 4 is 11.7 Å². The fourth-order valence-corrected chi connectivity index (χ4v) is 3.62. The van der Waals surface area contributed by atoms with Crippen molar-refractivity contribution in [1.82, 2.24) is 20.6 Å². The molecule has 0 spiro atoms. The molecule has 0 unspecified atom stereocenters. The van der Waals surface area contributed by atoms with E-state index in [1.165, 1.54) is 12.8 Å². The van der Waals surface area contributed by atoms with E-state index in [1.807, 2.05) is 13.8 Å². The Labute approximate surface area is 149 Å². The highest BCUT2D eigenvalue weighted by atomic mass is 16.5. The minimum Gasteiger partial charge on any atom is -0.381 e. The highest BCUT2D eigenvalue weighted by Gasteiger charge is 2.31. The molecule has 7 heteroatoms. The molecule has 1 atom stereocenters. The predicted molar refractivity (Wildman–Crippen MR) is 97.0 cm³/mol. The molecule has 25 heavy (non-hydrogen) atoms. The molecule has 1 saturated carbocycles. The summed E-state index contributed by atoms with van der Waals surface area (Å²) in [5.74, 6) is 1.63. The Morgan fingerprint density at radius 3 is 2.76 bits per heavy atom. The molecule has 1 aliphatic carbocycles. The van der Waals surface area contributed by atoms with Crippen molar-refractivity contribution in [3.05, 3.63) is 17.1 Å². The highest BCUT2D eigenvalue weighted by Crippen LogP contribution is 2.29. The van der Waals surface area contributed by atoms with Gasteiger partial charge in [-0.2, -0.15) is 0 Å². The maximum Gasteiger partial charge on any atom is 0.288 e. The Morgan fingerprint density at radius 2 is 2.08 bits per heavy atom. The molecule has 2 heterocycles.